The van der Waals surface area contributed by atoms with E-state index in [1.807, 2.05) is 42.5 Å². The van der Waals surface area contributed by atoms with Crippen molar-refractivity contribution >= 4 is 36.6 Å². The Morgan fingerprint density at radius 3 is 2.48 bits per heavy atom. The number of hydrogen-bond acceptors (Lipinski definition) is 7. The average Bonchev–Trinajstić information content (AvgIpc) is 2.66. The fourth-order valence-electron chi connectivity index (χ4n) is 3.28. The van der Waals surface area contributed by atoms with Crippen LogP contribution in [0.1, 0.15) is 30.3 Å². The Morgan fingerprint density at radius 1 is 1.00 bits per heavy atom. The molecule has 1 fully saturated rings. The number of nitrogen functional groups attached to an aromatic ring is 1. The van der Waals surface area contributed by atoms with Crippen LogP contribution in [0.3, 0.4) is 0 Å². The van der Waals surface area contributed by atoms with E-state index < -0.39 is 0 Å². The van der Waals surface area contributed by atoms with Gasteiger partial charge in [0.2, 0.25) is 5.95 Å². The highest BCUT2D eigenvalue weighted by molar-refractivity contribution is 5.85. The van der Waals surface area contributed by atoms with E-state index in [1.54, 1.807) is 6.20 Å². The molecule has 1 saturated carbocycles. The molecule has 0 unspecified atom stereocenters. The molecule has 1 aliphatic carbocycles. The molecule has 154 valence electrons. The topological polar surface area (TPSA) is 116 Å². The molecule has 0 atom stereocenters. The van der Waals surface area contributed by atoms with E-state index in [9.17, 15) is 0 Å². The van der Waals surface area contributed by atoms with Crippen LogP contribution in [0, 0.1) is 0 Å². The van der Waals surface area contributed by atoms with Crippen molar-refractivity contribution in [2.45, 2.75) is 31.2 Å². The van der Waals surface area contributed by atoms with Gasteiger partial charge in [-0.1, -0.05) is 30.3 Å². The SMILES string of the molecule is Cl.Cl.Nc1nc(NCCc2nccc(-c3ccccc3)n2)cc(C2CC(N)C2)n1. The summed E-state index contributed by atoms with van der Waals surface area (Å²) in [7, 11) is 0. The molecule has 0 spiro atoms. The van der Waals surface area contributed by atoms with Gasteiger partial charge in [0.05, 0.1) is 11.4 Å². The molecule has 0 saturated heterocycles. The van der Waals surface area contributed by atoms with Gasteiger partial charge in [-0.05, 0) is 18.9 Å². The second kappa shape index (κ2) is 10.3. The zero-order chi connectivity index (χ0) is 18.6. The zero-order valence-electron chi connectivity index (χ0n) is 15.9. The van der Waals surface area contributed by atoms with Crippen LogP contribution in [0.4, 0.5) is 11.8 Å². The normalized spacial score (nSPS) is 17.4. The van der Waals surface area contributed by atoms with E-state index in [2.05, 4.69) is 25.3 Å². The molecule has 0 bridgehead atoms. The van der Waals surface area contributed by atoms with Crippen molar-refractivity contribution in [3.63, 3.8) is 0 Å². The zero-order valence-corrected chi connectivity index (χ0v) is 17.5. The smallest absolute Gasteiger partial charge is 0.222 e. The Hall–Kier alpha value is -2.48. The number of rotatable bonds is 6. The van der Waals surface area contributed by atoms with Gasteiger partial charge in [0, 0.05) is 42.8 Å². The van der Waals surface area contributed by atoms with Crippen LogP contribution in [0.5, 0.6) is 0 Å². The summed E-state index contributed by atoms with van der Waals surface area (Å²) >= 11 is 0. The monoisotopic (exact) mass is 433 g/mol. The van der Waals surface area contributed by atoms with Gasteiger partial charge in [-0.2, -0.15) is 4.98 Å². The summed E-state index contributed by atoms with van der Waals surface area (Å²) in [6.07, 6.45) is 4.39. The number of aromatic nitrogens is 4. The quantitative estimate of drug-likeness (QED) is 0.546. The van der Waals surface area contributed by atoms with Crippen molar-refractivity contribution in [2.75, 3.05) is 17.6 Å². The van der Waals surface area contributed by atoms with Gasteiger partial charge in [0.25, 0.3) is 0 Å². The molecule has 3 aromatic rings. The van der Waals surface area contributed by atoms with Gasteiger partial charge < -0.3 is 16.8 Å². The first-order valence-electron chi connectivity index (χ1n) is 9.18. The fourth-order valence-corrected chi connectivity index (χ4v) is 3.28. The minimum atomic E-state index is 0. The lowest BCUT2D eigenvalue weighted by atomic mass is 9.78. The molecule has 4 rings (SSSR count). The molecule has 0 aliphatic heterocycles. The van der Waals surface area contributed by atoms with E-state index >= 15 is 0 Å². The van der Waals surface area contributed by atoms with E-state index in [0.29, 0.717) is 18.9 Å². The van der Waals surface area contributed by atoms with Crippen molar-refractivity contribution in [2.24, 2.45) is 5.73 Å². The summed E-state index contributed by atoms with van der Waals surface area (Å²) in [6.45, 7) is 0.665. The van der Waals surface area contributed by atoms with Gasteiger partial charge in [0.1, 0.15) is 11.6 Å². The molecule has 29 heavy (non-hydrogen) atoms. The Kier molecular flexibility index (Phi) is 8.13. The second-order valence-electron chi connectivity index (χ2n) is 6.87. The molecule has 5 N–H and O–H groups in total. The lowest BCUT2D eigenvalue weighted by Gasteiger charge is -2.32. The maximum absolute atomic E-state index is 5.88. The summed E-state index contributed by atoms with van der Waals surface area (Å²) in [4.78, 5) is 17.6. The Labute approximate surface area is 182 Å². The maximum atomic E-state index is 5.88. The highest BCUT2D eigenvalue weighted by Gasteiger charge is 2.29. The Bertz CT molecular complexity index is 918. The number of nitrogens with one attached hydrogen (secondary N) is 1. The largest absolute Gasteiger partial charge is 0.369 e. The van der Waals surface area contributed by atoms with E-state index in [-0.39, 0.29) is 36.8 Å². The molecule has 2 aromatic heterocycles. The van der Waals surface area contributed by atoms with Crippen LogP contribution in [-0.2, 0) is 6.42 Å². The Morgan fingerprint density at radius 2 is 1.76 bits per heavy atom. The van der Waals surface area contributed by atoms with Crippen LogP contribution in [-0.4, -0.2) is 32.5 Å². The van der Waals surface area contributed by atoms with Crippen molar-refractivity contribution in [1.82, 2.24) is 19.9 Å². The highest BCUT2D eigenvalue weighted by Crippen LogP contribution is 2.35. The molecule has 7 nitrogen and oxygen atoms in total. The molecule has 2 heterocycles. The second-order valence-corrected chi connectivity index (χ2v) is 6.87. The summed E-state index contributed by atoms with van der Waals surface area (Å²) < 4.78 is 0. The van der Waals surface area contributed by atoms with Gasteiger partial charge in [0.15, 0.2) is 0 Å². The molecule has 0 amide bonds. The highest BCUT2D eigenvalue weighted by atomic mass is 35.5. The minimum absolute atomic E-state index is 0. The number of anilines is 2. The van der Waals surface area contributed by atoms with Gasteiger partial charge in [-0.15, -0.1) is 24.8 Å². The van der Waals surface area contributed by atoms with Crippen molar-refractivity contribution < 1.29 is 0 Å². The molecular weight excluding hydrogens is 409 g/mol. The predicted octanol–water partition coefficient (Wildman–Crippen LogP) is 3.22. The molecule has 1 aliphatic rings. The number of benzene rings is 1. The third kappa shape index (κ3) is 5.76. The summed E-state index contributed by atoms with van der Waals surface area (Å²) in [5.74, 6) is 2.20. The lowest BCUT2D eigenvalue weighted by molar-refractivity contribution is 0.345. The molecular formula is C20H25Cl2N7. The number of nitrogens with two attached hydrogens (primary N) is 2. The van der Waals surface area contributed by atoms with Gasteiger partial charge >= 0.3 is 0 Å². The first kappa shape index (κ1) is 22.8. The van der Waals surface area contributed by atoms with Crippen molar-refractivity contribution in [1.29, 1.82) is 0 Å². The van der Waals surface area contributed by atoms with Crippen LogP contribution in [0.2, 0.25) is 0 Å². The lowest BCUT2D eigenvalue weighted by Crippen LogP contribution is -2.35. The Balaban J connectivity index is 0.00000150. The van der Waals surface area contributed by atoms with Crippen molar-refractivity contribution in [3.05, 3.63) is 60.2 Å². The third-order valence-corrected chi connectivity index (χ3v) is 4.79. The van der Waals surface area contributed by atoms with E-state index in [0.717, 1.165) is 41.4 Å². The van der Waals surface area contributed by atoms with E-state index in [1.165, 1.54) is 0 Å². The van der Waals surface area contributed by atoms with E-state index in [4.69, 9.17) is 11.5 Å². The molecule has 1 aromatic carbocycles. The minimum Gasteiger partial charge on any atom is -0.369 e. The van der Waals surface area contributed by atoms with Crippen LogP contribution < -0.4 is 16.8 Å². The summed E-state index contributed by atoms with van der Waals surface area (Å²) in [5, 5.41) is 3.31. The third-order valence-electron chi connectivity index (χ3n) is 4.79. The average molecular weight is 434 g/mol. The van der Waals surface area contributed by atoms with Gasteiger partial charge in [-0.25, -0.2) is 15.0 Å². The predicted molar refractivity (Wildman–Crippen MR) is 121 cm³/mol. The number of nitrogens with zero attached hydrogens (tertiary/aromatic N) is 4. The molecule has 9 heteroatoms. The summed E-state index contributed by atoms with van der Waals surface area (Å²) in [5.41, 5.74) is 14.7. The molecule has 0 radical (unpaired) electrons. The maximum Gasteiger partial charge on any atom is 0.222 e. The van der Waals surface area contributed by atoms with Crippen LogP contribution in [0.15, 0.2) is 48.7 Å². The summed E-state index contributed by atoms with van der Waals surface area (Å²) in [6, 6.07) is 14.3. The van der Waals surface area contributed by atoms with Crippen LogP contribution >= 0.6 is 24.8 Å². The number of hydrogen-bond donors (Lipinski definition) is 3. The van der Waals surface area contributed by atoms with Crippen molar-refractivity contribution in [3.8, 4) is 11.3 Å². The first-order chi connectivity index (χ1) is 13.2. The number of halogens is 2. The van der Waals surface area contributed by atoms with Crippen LogP contribution in [0.25, 0.3) is 11.3 Å². The van der Waals surface area contributed by atoms with Gasteiger partial charge in [-0.3, -0.25) is 0 Å². The standard InChI is InChI=1S/C20H23N7.2ClH/c21-15-10-14(11-15)17-12-19(27-20(22)26-17)24-9-7-18-23-8-6-16(25-18)13-4-2-1-3-5-13;;/h1-6,8,12,14-15H,7,9-11,21H2,(H3,22,24,26,27);2*1H. The first-order valence-corrected chi connectivity index (χ1v) is 9.18. The fraction of sp³-hybridized carbons (Fsp3) is 0.300.